The van der Waals surface area contributed by atoms with Crippen LogP contribution in [0.1, 0.15) is 40.7 Å². The molecule has 1 unspecified atom stereocenters. The second-order valence-corrected chi connectivity index (χ2v) is 6.34. The van der Waals surface area contributed by atoms with Crippen LogP contribution in [0.5, 0.6) is 0 Å². The van der Waals surface area contributed by atoms with E-state index < -0.39 is 0 Å². The number of aromatic amines is 1. The predicted molar refractivity (Wildman–Crippen MR) is 96.8 cm³/mol. The number of H-pyrrole nitrogens is 1. The molecule has 2 aromatic heterocycles. The van der Waals surface area contributed by atoms with Gasteiger partial charge in [-0.1, -0.05) is 30.3 Å². The Morgan fingerprint density at radius 1 is 1.31 bits per heavy atom. The van der Waals surface area contributed by atoms with Gasteiger partial charge in [0.1, 0.15) is 5.69 Å². The summed E-state index contributed by atoms with van der Waals surface area (Å²) in [7, 11) is 0. The maximum Gasteiger partial charge on any atom is 0.275 e. The quantitative estimate of drug-likeness (QED) is 0.715. The number of rotatable bonds is 6. The van der Waals surface area contributed by atoms with Crippen LogP contribution in [0, 0.1) is 0 Å². The zero-order valence-corrected chi connectivity index (χ0v) is 14.4. The van der Waals surface area contributed by atoms with Gasteiger partial charge in [-0.25, -0.2) is 0 Å². The SMILES string of the molecule is O=C(Nc1cc(C2CCCO2)[nH]n1)c1ccnn1CCc1ccccc1. The summed E-state index contributed by atoms with van der Waals surface area (Å²) in [6, 6.07) is 13.7. The molecule has 1 amide bonds. The second-order valence-electron chi connectivity index (χ2n) is 6.34. The molecule has 1 atom stereocenters. The average Bonchev–Trinajstić information content (AvgIpc) is 3.41. The fraction of sp³-hybridized carbons (Fsp3) is 0.316. The van der Waals surface area contributed by atoms with Crippen molar-refractivity contribution in [1.29, 1.82) is 0 Å². The van der Waals surface area contributed by atoms with E-state index >= 15 is 0 Å². The van der Waals surface area contributed by atoms with Gasteiger partial charge in [0.2, 0.25) is 0 Å². The fourth-order valence-corrected chi connectivity index (χ4v) is 3.15. The number of anilines is 1. The van der Waals surface area contributed by atoms with Crippen molar-refractivity contribution < 1.29 is 9.53 Å². The number of hydrogen-bond acceptors (Lipinski definition) is 4. The normalized spacial score (nSPS) is 16.7. The van der Waals surface area contributed by atoms with E-state index in [2.05, 4.69) is 32.7 Å². The van der Waals surface area contributed by atoms with Crippen molar-refractivity contribution in [3.8, 4) is 0 Å². The first-order valence-corrected chi connectivity index (χ1v) is 8.83. The van der Waals surface area contributed by atoms with Crippen LogP contribution >= 0.6 is 0 Å². The molecular weight excluding hydrogens is 330 g/mol. The number of benzene rings is 1. The largest absolute Gasteiger partial charge is 0.372 e. The first-order chi connectivity index (χ1) is 12.8. The Balaban J connectivity index is 1.40. The molecule has 134 valence electrons. The Morgan fingerprint density at radius 2 is 2.19 bits per heavy atom. The monoisotopic (exact) mass is 351 g/mol. The van der Waals surface area contributed by atoms with E-state index in [9.17, 15) is 4.79 Å². The van der Waals surface area contributed by atoms with Crippen molar-refractivity contribution >= 4 is 11.7 Å². The van der Waals surface area contributed by atoms with Crippen LogP contribution in [0.2, 0.25) is 0 Å². The van der Waals surface area contributed by atoms with Crippen LogP contribution in [-0.2, 0) is 17.7 Å². The number of carbonyl (C=O) groups excluding carboxylic acids is 1. The standard InChI is InChI=1S/C19H21N5O2/c25-19(21-18-13-15(22-23-18)17-7-4-12-26-17)16-8-10-20-24(16)11-9-14-5-2-1-3-6-14/h1-3,5-6,8,10,13,17H,4,7,9,11-12H2,(H2,21,22,23,25). The van der Waals surface area contributed by atoms with Crippen LogP contribution in [0.3, 0.4) is 0 Å². The summed E-state index contributed by atoms with van der Waals surface area (Å²) in [4.78, 5) is 12.6. The summed E-state index contributed by atoms with van der Waals surface area (Å²) in [6.07, 6.45) is 4.52. The lowest BCUT2D eigenvalue weighted by Gasteiger charge is -2.07. The molecule has 1 aromatic carbocycles. The van der Waals surface area contributed by atoms with Gasteiger partial charge in [0.05, 0.1) is 11.8 Å². The van der Waals surface area contributed by atoms with Gasteiger partial charge in [-0.15, -0.1) is 0 Å². The van der Waals surface area contributed by atoms with Crippen LogP contribution in [0.4, 0.5) is 5.82 Å². The van der Waals surface area contributed by atoms with Crippen LogP contribution in [-0.4, -0.2) is 32.5 Å². The highest BCUT2D eigenvalue weighted by Gasteiger charge is 2.21. The molecule has 1 aliphatic heterocycles. The molecule has 1 fully saturated rings. The Bertz CT molecular complexity index is 865. The lowest BCUT2D eigenvalue weighted by Crippen LogP contribution is -2.18. The fourth-order valence-electron chi connectivity index (χ4n) is 3.15. The molecule has 1 saturated heterocycles. The van der Waals surface area contributed by atoms with E-state index in [0.717, 1.165) is 31.6 Å². The number of ether oxygens (including phenoxy) is 1. The van der Waals surface area contributed by atoms with E-state index in [1.165, 1.54) is 5.56 Å². The van der Waals surface area contributed by atoms with E-state index in [4.69, 9.17) is 4.74 Å². The maximum atomic E-state index is 12.6. The van der Waals surface area contributed by atoms with Crippen LogP contribution in [0.15, 0.2) is 48.7 Å². The van der Waals surface area contributed by atoms with Gasteiger partial charge in [0.15, 0.2) is 5.82 Å². The van der Waals surface area contributed by atoms with Crippen molar-refractivity contribution in [3.63, 3.8) is 0 Å². The average molecular weight is 351 g/mol. The number of aryl methyl sites for hydroxylation is 2. The third kappa shape index (κ3) is 3.67. The van der Waals surface area contributed by atoms with Crippen LogP contribution < -0.4 is 5.32 Å². The lowest BCUT2D eigenvalue weighted by molar-refractivity contribution is 0.101. The molecule has 1 aliphatic rings. The first-order valence-electron chi connectivity index (χ1n) is 8.83. The van der Waals surface area contributed by atoms with Gasteiger partial charge in [0.25, 0.3) is 5.91 Å². The molecule has 0 bridgehead atoms. The molecule has 0 radical (unpaired) electrons. The highest BCUT2D eigenvalue weighted by Crippen LogP contribution is 2.28. The van der Waals surface area contributed by atoms with Crippen molar-refractivity contribution in [3.05, 3.63) is 65.6 Å². The van der Waals surface area contributed by atoms with E-state index in [1.54, 1.807) is 16.9 Å². The van der Waals surface area contributed by atoms with E-state index in [1.807, 2.05) is 24.3 Å². The molecule has 4 rings (SSSR count). The number of nitrogens with zero attached hydrogens (tertiary/aromatic N) is 3. The van der Waals surface area contributed by atoms with Gasteiger partial charge in [-0.2, -0.15) is 10.2 Å². The number of carbonyl (C=O) groups is 1. The van der Waals surface area contributed by atoms with Gasteiger partial charge in [0, 0.05) is 25.4 Å². The summed E-state index contributed by atoms with van der Waals surface area (Å²) in [5.41, 5.74) is 2.63. The van der Waals surface area contributed by atoms with E-state index in [0.29, 0.717) is 18.1 Å². The summed E-state index contributed by atoms with van der Waals surface area (Å²) in [5.74, 6) is 0.275. The number of nitrogens with one attached hydrogen (secondary N) is 2. The number of aromatic nitrogens is 4. The lowest BCUT2D eigenvalue weighted by atomic mass is 10.1. The first kappa shape index (κ1) is 16.5. The Morgan fingerprint density at radius 3 is 3.00 bits per heavy atom. The van der Waals surface area contributed by atoms with Crippen LogP contribution in [0.25, 0.3) is 0 Å². The Hall–Kier alpha value is -2.93. The second kappa shape index (κ2) is 7.53. The highest BCUT2D eigenvalue weighted by atomic mass is 16.5. The molecule has 0 aliphatic carbocycles. The molecule has 7 nitrogen and oxygen atoms in total. The smallest absolute Gasteiger partial charge is 0.275 e. The van der Waals surface area contributed by atoms with E-state index in [-0.39, 0.29) is 12.0 Å². The zero-order chi connectivity index (χ0) is 17.8. The summed E-state index contributed by atoms with van der Waals surface area (Å²) >= 11 is 0. The molecule has 0 spiro atoms. The molecule has 7 heteroatoms. The minimum absolute atomic E-state index is 0.0459. The molecule has 26 heavy (non-hydrogen) atoms. The van der Waals surface area contributed by atoms with Gasteiger partial charge in [-0.05, 0) is 30.9 Å². The number of amides is 1. The Labute approximate surface area is 151 Å². The highest BCUT2D eigenvalue weighted by molar-refractivity contribution is 6.02. The molecule has 3 aromatic rings. The van der Waals surface area contributed by atoms with Crippen molar-refractivity contribution in [2.24, 2.45) is 0 Å². The van der Waals surface area contributed by atoms with Crippen molar-refractivity contribution in [1.82, 2.24) is 20.0 Å². The van der Waals surface area contributed by atoms with Crippen molar-refractivity contribution in [2.45, 2.75) is 31.9 Å². The zero-order valence-electron chi connectivity index (χ0n) is 14.4. The summed E-state index contributed by atoms with van der Waals surface area (Å²) in [5, 5.41) is 14.2. The summed E-state index contributed by atoms with van der Waals surface area (Å²) < 4.78 is 7.34. The van der Waals surface area contributed by atoms with Gasteiger partial charge in [-0.3, -0.25) is 14.6 Å². The number of hydrogen-bond donors (Lipinski definition) is 2. The maximum absolute atomic E-state index is 12.6. The molecular formula is C19H21N5O2. The third-order valence-electron chi connectivity index (χ3n) is 4.52. The van der Waals surface area contributed by atoms with Crippen molar-refractivity contribution in [2.75, 3.05) is 11.9 Å². The molecule has 0 saturated carbocycles. The summed E-state index contributed by atoms with van der Waals surface area (Å²) in [6.45, 7) is 1.41. The topological polar surface area (TPSA) is 84.8 Å². The third-order valence-corrected chi connectivity index (χ3v) is 4.52. The minimum Gasteiger partial charge on any atom is -0.372 e. The predicted octanol–water partition coefficient (Wildman–Crippen LogP) is 2.95. The minimum atomic E-state index is -0.221. The van der Waals surface area contributed by atoms with Gasteiger partial charge >= 0.3 is 0 Å². The molecule has 2 N–H and O–H groups in total. The Kier molecular flexibility index (Phi) is 4.79. The molecule has 3 heterocycles. The van der Waals surface area contributed by atoms with Gasteiger partial charge < -0.3 is 10.1 Å².